The zero-order valence-corrected chi connectivity index (χ0v) is 10.1. The van der Waals surface area contributed by atoms with Gasteiger partial charge >= 0.3 is 11.8 Å². The summed E-state index contributed by atoms with van der Waals surface area (Å²) in [5.41, 5.74) is 0.996. The van der Waals surface area contributed by atoms with Crippen molar-refractivity contribution in [1.29, 1.82) is 0 Å². The van der Waals surface area contributed by atoms with Crippen LogP contribution in [0.25, 0.3) is 0 Å². The van der Waals surface area contributed by atoms with Gasteiger partial charge in [-0.15, -0.1) is 0 Å². The van der Waals surface area contributed by atoms with Gasteiger partial charge in [0.1, 0.15) is 5.82 Å². The van der Waals surface area contributed by atoms with Crippen molar-refractivity contribution in [3.05, 3.63) is 23.9 Å². The van der Waals surface area contributed by atoms with Crippen molar-refractivity contribution in [1.82, 2.24) is 10.3 Å². The van der Waals surface area contributed by atoms with Crippen LogP contribution in [0.1, 0.15) is 25.3 Å². The van der Waals surface area contributed by atoms with E-state index in [4.69, 9.17) is 0 Å². The molecular weight excluding hydrogens is 218 g/mol. The average molecular weight is 235 g/mol. The second-order valence-electron chi connectivity index (χ2n) is 3.78. The van der Waals surface area contributed by atoms with Gasteiger partial charge < -0.3 is 10.6 Å². The number of anilines is 1. The number of aryl methyl sites for hydroxylation is 1. The predicted octanol–water partition coefficient (Wildman–Crippen LogP) is 1.24. The van der Waals surface area contributed by atoms with Gasteiger partial charge in [-0.1, -0.05) is 19.4 Å². The maximum absolute atomic E-state index is 11.4. The van der Waals surface area contributed by atoms with Crippen molar-refractivity contribution >= 4 is 17.6 Å². The largest absolute Gasteiger partial charge is 0.348 e. The van der Waals surface area contributed by atoms with Crippen LogP contribution in [0, 0.1) is 6.92 Å². The summed E-state index contributed by atoms with van der Waals surface area (Å²) in [6.45, 7) is 4.43. The smallest absolute Gasteiger partial charge is 0.314 e. The summed E-state index contributed by atoms with van der Waals surface area (Å²) in [4.78, 5) is 26.8. The summed E-state index contributed by atoms with van der Waals surface area (Å²) < 4.78 is 0. The summed E-state index contributed by atoms with van der Waals surface area (Å²) in [7, 11) is 0. The molecule has 1 aromatic heterocycles. The van der Waals surface area contributed by atoms with Crippen molar-refractivity contribution in [2.75, 3.05) is 11.9 Å². The van der Waals surface area contributed by atoms with Gasteiger partial charge in [-0.05, 0) is 25.0 Å². The molecule has 17 heavy (non-hydrogen) atoms. The molecule has 0 spiro atoms. The SMILES string of the molecule is CCCCNC(=O)C(=O)Nc1ccc(C)cn1. The minimum absolute atomic E-state index is 0.381. The van der Waals surface area contributed by atoms with Gasteiger partial charge in [-0.3, -0.25) is 9.59 Å². The number of pyridine rings is 1. The van der Waals surface area contributed by atoms with Crippen molar-refractivity contribution in [3.63, 3.8) is 0 Å². The summed E-state index contributed by atoms with van der Waals surface area (Å²) in [6, 6.07) is 3.48. The minimum Gasteiger partial charge on any atom is -0.348 e. The lowest BCUT2D eigenvalue weighted by atomic mass is 10.3. The third-order valence-corrected chi connectivity index (χ3v) is 2.18. The van der Waals surface area contributed by atoms with Gasteiger partial charge in [0, 0.05) is 12.7 Å². The third kappa shape index (κ3) is 4.63. The molecule has 0 unspecified atom stereocenters. The van der Waals surface area contributed by atoms with Crippen LogP contribution < -0.4 is 10.6 Å². The second kappa shape index (κ2) is 6.62. The number of nitrogens with one attached hydrogen (secondary N) is 2. The summed E-state index contributed by atoms with van der Waals surface area (Å²) in [5, 5.41) is 4.97. The molecule has 0 fully saturated rings. The van der Waals surface area contributed by atoms with Gasteiger partial charge in [0.15, 0.2) is 0 Å². The fourth-order valence-electron chi connectivity index (χ4n) is 1.17. The van der Waals surface area contributed by atoms with E-state index in [1.807, 2.05) is 19.9 Å². The monoisotopic (exact) mass is 235 g/mol. The standard InChI is InChI=1S/C12H17N3O2/c1-3-4-7-13-11(16)12(17)15-10-6-5-9(2)8-14-10/h5-6,8H,3-4,7H2,1-2H3,(H,13,16)(H,14,15,17). The number of hydrogen-bond donors (Lipinski definition) is 2. The zero-order chi connectivity index (χ0) is 12.7. The number of carbonyl (C=O) groups is 2. The Morgan fingerprint density at radius 1 is 1.29 bits per heavy atom. The first-order valence-corrected chi connectivity index (χ1v) is 5.65. The maximum atomic E-state index is 11.4. The van der Waals surface area contributed by atoms with E-state index in [0.717, 1.165) is 18.4 Å². The van der Waals surface area contributed by atoms with E-state index in [9.17, 15) is 9.59 Å². The van der Waals surface area contributed by atoms with E-state index >= 15 is 0 Å². The van der Waals surface area contributed by atoms with Crippen molar-refractivity contribution in [2.45, 2.75) is 26.7 Å². The van der Waals surface area contributed by atoms with E-state index in [1.54, 1.807) is 12.3 Å². The highest BCUT2D eigenvalue weighted by Gasteiger charge is 2.12. The molecule has 2 N–H and O–H groups in total. The van der Waals surface area contributed by atoms with Gasteiger partial charge in [0.05, 0.1) is 0 Å². The highest BCUT2D eigenvalue weighted by atomic mass is 16.2. The van der Waals surface area contributed by atoms with Crippen LogP contribution in [0.4, 0.5) is 5.82 Å². The lowest BCUT2D eigenvalue weighted by Crippen LogP contribution is -2.36. The van der Waals surface area contributed by atoms with Crippen LogP contribution in [0.2, 0.25) is 0 Å². The first-order valence-electron chi connectivity index (χ1n) is 5.65. The van der Waals surface area contributed by atoms with E-state index in [0.29, 0.717) is 12.4 Å². The van der Waals surface area contributed by atoms with Crippen LogP contribution in [0.15, 0.2) is 18.3 Å². The Kier molecular flexibility index (Phi) is 5.13. The topological polar surface area (TPSA) is 71.1 Å². The van der Waals surface area contributed by atoms with Gasteiger partial charge in [0.25, 0.3) is 0 Å². The number of nitrogens with zero attached hydrogens (tertiary/aromatic N) is 1. The molecule has 1 aromatic rings. The van der Waals surface area contributed by atoms with Crippen LogP contribution in [0.5, 0.6) is 0 Å². The molecule has 0 aliphatic rings. The molecule has 0 aromatic carbocycles. The molecule has 0 bridgehead atoms. The Morgan fingerprint density at radius 3 is 2.65 bits per heavy atom. The number of unbranched alkanes of at least 4 members (excludes halogenated alkanes) is 1. The summed E-state index contributed by atoms with van der Waals surface area (Å²) in [5.74, 6) is -0.926. The molecule has 0 saturated heterocycles. The third-order valence-electron chi connectivity index (χ3n) is 2.18. The Hall–Kier alpha value is -1.91. The van der Waals surface area contributed by atoms with Crippen molar-refractivity contribution in [2.24, 2.45) is 0 Å². The molecule has 0 aliphatic carbocycles. The highest BCUT2D eigenvalue weighted by molar-refractivity contribution is 6.39. The lowest BCUT2D eigenvalue weighted by Gasteiger charge is -2.05. The molecule has 0 saturated carbocycles. The zero-order valence-electron chi connectivity index (χ0n) is 10.1. The molecular formula is C12H17N3O2. The number of hydrogen-bond acceptors (Lipinski definition) is 3. The lowest BCUT2D eigenvalue weighted by molar-refractivity contribution is -0.136. The van der Waals surface area contributed by atoms with Gasteiger partial charge in [-0.2, -0.15) is 0 Å². The number of carbonyl (C=O) groups excluding carboxylic acids is 2. The van der Waals surface area contributed by atoms with Crippen LogP contribution in [0.3, 0.4) is 0 Å². The number of aromatic nitrogens is 1. The molecule has 92 valence electrons. The van der Waals surface area contributed by atoms with Gasteiger partial charge in [-0.25, -0.2) is 4.98 Å². The van der Waals surface area contributed by atoms with E-state index in [1.165, 1.54) is 0 Å². The minimum atomic E-state index is -0.683. The highest BCUT2D eigenvalue weighted by Crippen LogP contribution is 2.03. The molecule has 0 radical (unpaired) electrons. The van der Waals surface area contributed by atoms with Crippen LogP contribution >= 0.6 is 0 Å². The first-order chi connectivity index (χ1) is 8.13. The van der Waals surface area contributed by atoms with Crippen LogP contribution in [-0.2, 0) is 9.59 Å². The second-order valence-corrected chi connectivity index (χ2v) is 3.78. The van der Waals surface area contributed by atoms with E-state index in [-0.39, 0.29) is 0 Å². The maximum Gasteiger partial charge on any atom is 0.314 e. The quantitative estimate of drug-likeness (QED) is 0.609. The molecule has 5 nitrogen and oxygen atoms in total. The van der Waals surface area contributed by atoms with Crippen molar-refractivity contribution in [3.8, 4) is 0 Å². The molecule has 0 atom stereocenters. The van der Waals surface area contributed by atoms with E-state index in [2.05, 4.69) is 15.6 Å². The Bertz CT molecular complexity index is 387. The predicted molar refractivity (Wildman–Crippen MR) is 65.5 cm³/mol. The fourth-order valence-corrected chi connectivity index (χ4v) is 1.17. The molecule has 1 heterocycles. The first kappa shape index (κ1) is 13.2. The normalized spacial score (nSPS) is 9.76. The average Bonchev–Trinajstić information content (AvgIpc) is 2.32. The number of rotatable bonds is 4. The summed E-state index contributed by atoms with van der Waals surface area (Å²) >= 11 is 0. The Balaban J connectivity index is 2.43. The van der Waals surface area contributed by atoms with E-state index < -0.39 is 11.8 Å². The molecule has 5 heteroatoms. The number of amides is 2. The van der Waals surface area contributed by atoms with Crippen LogP contribution in [-0.4, -0.2) is 23.3 Å². The van der Waals surface area contributed by atoms with Gasteiger partial charge in [0.2, 0.25) is 0 Å². The Morgan fingerprint density at radius 2 is 2.06 bits per heavy atom. The molecule has 1 rings (SSSR count). The fraction of sp³-hybridized carbons (Fsp3) is 0.417. The molecule has 2 amide bonds. The van der Waals surface area contributed by atoms with Crippen molar-refractivity contribution < 1.29 is 9.59 Å². The molecule has 0 aliphatic heterocycles. The Labute approximate surface area is 101 Å². The summed E-state index contributed by atoms with van der Waals surface area (Å²) in [6.07, 6.45) is 3.47.